The molecule has 1 heterocycles. The van der Waals surface area contributed by atoms with E-state index in [1.165, 1.54) is 7.11 Å². The lowest BCUT2D eigenvalue weighted by Gasteiger charge is -2.20. The van der Waals surface area contributed by atoms with E-state index in [0.717, 1.165) is 0 Å². The first kappa shape index (κ1) is 8.49. The molecule has 0 aromatic heterocycles. The molecule has 0 aliphatic carbocycles. The van der Waals surface area contributed by atoms with Crippen molar-refractivity contribution in [1.29, 1.82) is 0 Å². The number of esters is 1. The highest BCUT2D eigenvalue weighted by atomic mass is 16.5. The Morgan fingerprint density at radius 3 is 2.82 bits per heavy atom. The molecule has 1 rings (SSSR count). The molecule has 1 aliphatic rings. The number of ether oxygens (including phenoxy) is 1. The molecule has 64 valence electrons. The van der Waals surface area contributed by atoms with Gasteiger partial charge in [0.05, 0.1) is 7.11 Å². The fourth-order valence-electron chi connectivity index (χ4n) is 1.41. The first-order valence-corrected chi connectivity index (χ1v) is 3.67. The normalized spacial score (nSPS) is 37.2. The molecule has 1 fully saturated rings. The zero-order chi connectivity index (χ0) is 8.48. The summed E-state index contributed by atoms with van der Waals surface area (Å²) in [4.78, 5) is 11.1. The molecule has 11 heavy (non-hydrogen) atoms. The van der Waals surface area contributed by atoms with Crippen molar-refractivity contribution in [2.45, 2.75) is 24.9 Å². The van der Waals surface area contributed by atoms with Crippen molar-refractivity contribution in [3.05, 3.63) is 0 Å². The van der Waals surface area contributed by atoms with E-state index >= 15 is 0 Å². The average Bonchev–Trinajstić information content (AvgIpc) is 2.31. The van der Waals surface area contributed by atoms with Crippen LogP contribution in [0.4, 0.5) is 0 Å². The topological polar surface area (TPSA) is 64.3 Å². The molecule has 0 spiro atoms. The summed E-state index contributed by atoms with van der Waals surface area (Å²) in [6.07, 6.45) is 0.652. The highest BCUT2D eigenvalue weighted by molar-refractivity contribution is 5.80. The van der Waals surface area contributed by atoms with Gasteiger partial charge in [0.2, 0.25) is 0 Å². The number of rotatable bonds is 1. The number of nitrogens with one attached hydrogen (secondary N) is 1. The van der Waals surface area contributed by atoms with Crippen LogP contribution in [-0.2, 0) is 9.53 Å². The predicted octanol–water partition coefficient (Wildman–Crippen LogP) is -0.761. The fourth-order valence-corrected chi connectivity index (χ4v) is 1.41. The summed E-state index contributed by atoms with van der Waals surface area (Å²) >= 11 is 0. The maximum Gasteiger partial charge on any atom is 0.325 e. The smallest absolute Gasteiger partial charge is 0.325 e. The van der Waals surface area contributed by atoms with Crippen molar-refractivity contribution >= 4 is 5.97 Å². The largest absolute Gasteiger partial charge is 0.468 e. The van der Waals surface area contributed by atoms with Gasteiger partial charge >= 0.3 is 5.97 Å². The average molecular weight is 158 g/mol. The van der Waals surface area contributed by atoms with Crippen molar-refractivity contribution in [3.63, 3.8) is 0 Å². The van der Waals surface area contributed by atoms with Crippen LogP contribution in [0.25, 0.3) is 0 Å². The van der Waals surface area contributed by atoms with Gasteiger partial charge in [0.1, 0.15) is 5.54 Å². The van der Waals surface area contributed by atoms with Crippen LogP contribution in [0.1, 0.15) is 13.3 Å². The lowest BCUT2D eigenvalue weighted by molar-refractivity contribution is -0.147. The van der Waals surface area contributed by atoms with Gasteiger partial charge in [0.25, 0.3) is 0 Å². The van der Waals surface area contributed by atoms with E-state index in [0.29, 0.717) is 13.0 Å². The molecule has 1 aliphatic heterocycles. The van der Waals surface area contributed by atoms with E-state index in [1.54, 1.807) is 0 Å². The van der Waals surface area contributed by atoms with E-state index in [9.17, 15) is 4.79 Å². The standard InChI is InChI=1S/C7H14N2O2/c1-7(6(10)11-2)3-5(8)4-9-7/h5,9H,3-4,8H2,1-2H3. The molecule has 1 saturated heterocycles. The molecule has 0 saturated carbocycles. The highest BCUT2D eigenvalue weighted by Gasteiger charge is 2.40. The Kier molecular flexibility index (Phi) is 2.15. The van der Waals surface area contributed by atoms with Gasteiger partial charge in [0, 0.05) is 12.6 Å². The van der Waals surface area contributed by atoms with Crippen LogP contribution in [0.5, 0.6) is 0 Å². The molecule has 0 bridgehead atoms. The minimum Gasteiger partial charge on any atom is -0.468 e. The summed E-state index contributed by atoms with van der Waals surface area (Å²) in [7, 11) is 1.39. The van der Waals surface area contributed by atoms with Crippen molar-refractivity contribution < 1.29 is 9.53 Å². The minimum atomic E-state index is -0.561. The SMILES string of the molecule is COC(=O)C1(C)CC(N)CN1. The molecular formula is C7H14N2O2. The van der Waals surface area contributed by atoms with Crippen LogP contribution >= 0.6 is 0 Å². The molecular weight excluding hydrogens is 144 g/mol. The van der Waals surface area contributed by atoms with Crippen LogP contribution < -0.4 is 11.1 Å². The fraction of sp³-hybridized carbons (Fsp3) is 0.857. The monoisotopic (exact) mass is 158 g/mol. The number of hydrogen-bond donors (Lipinski definition) is 2. The van der Waals surface area contributed by atoms with Crippen LogP contribution in [0.2, 0.25) is 0 Å². The van der Waals surface area contributed by atoms with E-state index in [2.05, 4.69) is 10.1 Å². The lowest BCUT2D eigenvalue weighted by Crippen LogP contribution is -2.45. The van der Waals surface area contributed by atoms with E-state index < -0.39 is 5.54 Å². The van der Waals surface area contributed by atoms with Crippen LogP contribution in [0, 0.1) is 0 Å². The summed E-state index contributed by atoms with van der Waals surface area (Å²) < 4.78 is 4.63. The van der Waals surface area contributed by atoms with Crippen LogP contribution in [-0.4, -0.2) is 31.2 Å². The Morgan fingerprint density at radius 1 is 1.82 bits per heavy atom. The number of carbonyl (C=O) groups is 1. The first-order valence-electron chi connectivity index (χ1n) is 3.67. The molecule has 3 N–H and O–H groups in total. The molecule has 2 atom stereocenters. The third-order valence-electron chi connectivity index (χ3n) is 2.06. The maximum absolute atomic E-state index is 11.1. The van der Waals surface area contributed by atoms with Crippen molar-refractivity contribution in [1.82, 2.24) is 5.32 Å². The van der Waals surface area contributed by atoms with Gasteiger partial charge in [-0.3, -0.25) is 4.79 Å². The molecule has 0 aromatic rings. The highest BCUT2D eigenvalue weighted by Crippen LogP contribution is 2.18. The lowest BCUT2D eigenvalue weighted by atomic mass is 9.99. The van der Waals surface area contributed by atoms with Crippen molar-refractivity contribution in [2.75, 3.05) is 13.7 Å². The van der Waals surface area contributed by atoms with Crippen LogP contribution in [0.15, 0.2) is 0 Å². The predicted molar refractivity (Wildman–Crippen MR) is 41.0 cm³/mol. The third kappa shape index (κ3) is 1.52. The van der Waals surface area contributed by atoms with Gasteiger partial charge in [0.15, 0.2) is 0 Å². The van der Waals surface area contributed by atoms with Crippen LogP contribution in [0.3, 0.4) is 0 Å². The van der Waals surface area contributed by atoms with E-state index in [4.69, 9.17) is 5.73 Å². The summed E-state index contributed by atoms with van der Waals surface area (Å²) in [5, 5.41) is 3.03. The summed E-state index contributed by atoms with van der Waals surface area (Å²) in [6.45, 7) is 2.50. The van der Waals surface area contributed by atoms with E-state index in [-0.39, 0.29) is 12.0 Å². The maximum atomic E-state index is 11.1. The Balaban J connectivity index is 2.61. The zero-order valence-corrected chi connectivity index (χ0v) is 6.89. The Hall–Kier alpha value is -0.610. The van der Waals surface area contributed by atoms with Crippen molar-refractivity contribution in [3.8, 4) is 0 Å². The number of nitrogens with two attached hydrogens (primary N) is 1. The Labute approximate surface area is 66.1 Å². The molecule has 4 nitrogen and oxygen atoms in total. The van der Waals surface area contributed by atoms with Gasteiger partial charge < -0.3 is 15.8 Å². The Morgan fingerprint density at radius 2 is 2.45 bits per heavy atom. The molecule has 2 unspecified atom stereocenters. The first-order chi connectivity index (χ1) is 5.08. The summed E-state index contributed by atoms with van der Waals surface area (Å²) in [5.41, 5.74) is 5.07. The van der Waals surface area contributed by atoms with Gasteiger partial charge in [-0.05, 0) is 13.3 Å². The van der Waals surface area contributed by atoms with Gasteiger partial charge in [-0.2, -0.15) is 0 Å². The molecule has 0 amide bonds. The third-order valence-corrected chi connectivity index (χ3v) is 2.06. The van der Waals surface area contributed by atoms with Gasteiger partial charge in [-0.15, -0.1) is 0 Å². The molecule has 0 aromatic carbocycles. The summed E-state index contributed by atoms with van der Waals surface area (Å²) in [5.74, 6) is -0.231. The second-order valence-corrected chi connectivity index (χ2v) is 3.17. The molecule has 4 heteroatoms. The zero-order valence-electron chi connectivity index (χ0n) is 6.89. The molecule has 0 radical (unpaired) electrons. The van der Waals surface area contributed by atoms with Gasteiger partial charge in [-0.1, -0.05) is 0 Å². The Bertz CT molecular complexity index is 172. The number of carbonyl (C=O) groups excluding carboxylic acids is 1. The quantitative estimate of drug-likeness (QED) is 0.492. The minimum absolute atomic E-state index is 0.0686. The van der Waals surface area contributed by atoms with Crippen molar-refractivity contribution in [2.24, 2.45) is 5.73 Å². The number of methoxy groups -OCH3 is 1. The second kappa shape index (κ2) is 2.79. The summed E-state index contributed by atoms with van der Waals surface area (Å²) in [6, 6.07) is 0.0686. The second-order valence-electron chi connectivity index (χ2n) is 3.17. The van der Waals surface area contributed by atoms with E-state index in [1.807, 2.05) is 6.92 Å². The van der Waals surface area contributed by atoms with Gasteiger partial charge in [-0.25, -0.2) is 0 Å². The number of hydrogen-bond acceptors (Lipinski definition) is 4.